The summed E-state index contributed by atoms with van der Waals surface area (Å²) in [4.78, 5) is 22.6. The zero-order valence-electron chi connectivity index (χ0n) is 11.4. The van der Waals surface area contributed by atoms with Crippen molar-refractivity contribution in [2.24, 2.45) is 0 Å². The van der Waals surface area contributed by atoms with Crippen LogP contribution in [0.15, 0.2) is 36.4 Å². The van der Waals surface area contributed by atoms with Crippen LogP contribution in [0.5, 0.6) is 5.75 Å². The molecule has 0 spiro atoms. The second-order valence-corrected chi connectivity index (χ2v) is 4.98. The molecule has 100 valence electrons. The van der Waals surface area contributed by atoms with E-state index in [0.717, 1.165) is 22.3 Å². The second kappa shape index (κ2) is 4.60. The van der Waals surface area contributed by atoms with Gasteiger partial charge in [-0.25, -0.2) is 0 Å². The molecule has 0 atom stereocenters. The minimum atomic E-state index is -0.321. The number of hydrogen-bond acceptors (Lipinski definition) is 3. The SMILES string of the molecule is CC(=O)Oc1cccc2c1Cc1cc(C(C)=O)ccc1-2. The lowest BCUT2D eigenvalue weighted by Crippen LogP contribution is -2.03. The predicted octanol–water partition coefficient (Wildman–Crippen LogP) is 3.39. The van der Waals surface area contributed by atoms with Crippen LogP contribution in [0, 0.1) is 0 Å². The van der Waals surface area contributed by atoms with E-state index in [9.17, 15) is 9.59 Å². The highest BCUT2D eigenvalue weighted by Gasteiger charge is 2.23. The van der Waals surface area contributed by atoms with Gasteiger partial charge in [0.25, 0.3) is 0 Å². The Hall–Kier alpha value is -2.42. The van der Waals surface area contributed by atoms with E-state index in [0.29, 0.717) is 17.7 Å². The van der Waals surface area contributed by atoms with E-state index in [4.69, 9.17) is 4.74 Å². The van der Waals surface area contributed by atoms with Crippen LogP contribution >= 0.6 is 0 Å². The maximum Gasteiger partial charge on any atom is 0.308 e. The van der Waals surface area contributed by atoms with Gasteiger partial charge in [0.05, 0.1) is 0 Å². The highest BCUT2D eigenvalue weighted by molar-refractivity contribution is 5.95. The van der Waals surface area contributed by atoms with Crippen LogP contribution in [0.3, 0.4) is 0 Å². The molecule has 20 heavy (non-hydrogen) atoms. The van der Waals surface area contributed by atoms with Crippen LogP contribution in [0.4, 0.5) is 0 Å². The fourth-order valence-corrected chi connectivity index (χ4v) is 2.66. The van der Waals surface area contributed by atoms with Gasteiger partial charge in [0.1, 0.15) is 5.75 Å². The average Bonchev–Trinajstić information content (AvgIpc) is 2.77. The number of ketones is 1. The third-order valence-electron chi connectivity index (χ3n) is 3.56. The zero-order valence-corrected chi connectivity index (χ0v) is 11.4. The van der Waals surface area contributed by atoms with Gasteiger partial charge in [0.15, 0.2) is 5.78 Å². The number of carbonyl (C=O) groups excluding carboxylic acids is 2. The molecular weight excluding hydrogens is 252 g/mol. The van der Waals surface area contributed by atoms with Crippen molar-refractivity contribution in [3.8, 4) is 16.9 Å². The lowest BCUT2D eigenvalue weighted by atomic mass is 10.0. The van der Waals surface area contributed by atoms with E-state index < -0.39 is 0 Å². The van der Waals surface area contributed by atoms with E-state index in [2.05, 4.69) is 0 Å². The summed E-state index contributed by atoms with van der Waals surface area (Å²) in [5.41, 5.74) is 5.02. The number of ether oxygens (including phenoxy) is 1. The van der Waals surface area contributed by atoms with Crippen LogP contribution < -0.4 is 4.74 Å². The molecule has 0 fully saturated rings. The van der Waals surface area contributed by atoms with Gasteiger partial charge in [-0.05, 0) is 35.7 Å². The number of hydrogen-bond donors (Lipinski definition) is 0. The molecule has 3 heteroatoms. The summed E-state index contributed by atoms with van der Waals surface area (Å²) in [6, 6.07) is 11.4. The Morgan fingerprint density at radius 1 is 1.05 bits per heavy atom. The Labute approximate surface area is 117 Å². The van der Waals surface area contributed by atoms with Crippen LogP contribution in [0.2, 0.25) is 0 Å². The molecular formula is C17H14O3. The normalized spacial score (nSPS) is 11.7. The van der Waals surface area contributed by atoms with E-state index >= 15 is 0 Å². The van der Waals surface area contributed by atoms with Crippen molar-refractivity contribution in [3.05, 3.63) is 53.1 Å². The summed E-state index contributed by atoms with van der Waals surface area (Å²) < 4.78 is 5.26. The quantitative estimate of drug-likeness (QED) is 0.405. The van der Waals surface area contributed by atoms with Gasteiger partial charge in [0, 0.05) is 24.5 Å². The Morgan fingerprint density at radius 3 is 2.55 bits per heavy atom. The monoisotopic (exact) mass is 266 g/mol. The third kappa shape index (κ3) is 2.01. The first-order valence-electron chi connectivity index (χ1n) is 6.51. The molecule has 0 heterocycles. The molecule has 0 amide bonds. The topological polar surface area (TPSA) is 43.4 Å². The summed E-state index contributed by atoms with van der Waals surface area (Å²) >= 11 is 0. The van der Waals surface area contributed by atoms with Crippen LogP contribution in [-0.2, 0) is 11.2 Å². The summed E-state index contributed by atoms with van der Waals surface area (Å²) in [7, 11) is 0. The fourth-order valence-electron chi connectivity index (χ4n) is 2.66. The minimum Gasteiger partial charge on any atom is -0.426 e. The largest absolute Gasteiger partial charge is 0.426 e. The van der Waals surface area contributed by atoms with Crippen LogP contribution in [-0.4, -0.2) is 11.8 Å². The van der Waals surface area contributed by atoms with Crippen LogP contribution in [0.1, 0.15) is 35.3 Å². The van der Waals surface area contributed by atoms with E-state index in [1.807, 2.05) is 30.3 Å². The Balaban J connectivity index is 2.09. The van der Waals surface area contributed by atoms with Crippen molar-refractivity contribution in [2.75, 3.05) is 0 Å². The number of rotatable bonds is 2. The molecule has 3 nitrogen and oxygen atoms in total. The van der Waals surface area contributed by atoms with Crippen molar-refractivity contribution in [3.63, 3.8) is 0 Å². The van der Waals surface area contributed by atoms with Gasteiger partial charge in [-0.3, -0.25) is 9.59 Å². The van der Waals surface area contributed by atoms with E-state index in [-0.39, 0.29) is 11.8 Å². The molecule has 0 unspecified atom stereocenters. The van der Waals surface area contributed by atoms with Crippen molar-refractivity contribution in [2.45, 2.75) is 20.3 Å². The van der Waals surface area contributed by atoms with Gasteiger partial charge in [-0.1, -0.05) is 24.3 Å². The van der Waals surface area contributed by atoms with Gasteiger partial charge in [0.2, 0.25) is 0 Å². The molecule has 3 rings (SSSR count). The Bertz CT molecular complexity index is 729. The molecule has 0 saturated heterocycles. The minimum absolute atomic E-state index is 0.0592. The molecule has 0 bridgehead atoms. The first-order chi connectivity index (χ1) is 9.56. The molecule has 2 aromatic rings. The van der Waals surface area contributed by atoms with E-state index in [1.54, 1.807) is 13.0 Å². The smallest absolute Gasteiger partial charge is 0.308 e. The molecule has 0 saturated carbocycles. The zero-order chi connectivity index (χ0) is 14.3. The number of benzene rings is 2. The summed E-state index contributed by atoms with van der Waals surface area (Å²) in [6.07, 6.45) is 0.690. The average molecular weight is 266 g/mol. The van der Waals surface area contributed by atoms with Gasteiger partial charge in [-0.2, -0.15) is 0 Å². The number of Topliss-reactive ketones (excluding diaryl/α,β-unsaturated/α-hetero) is 1. The molecule has 1 aliphatic rings. The van der Waals surface area contributed by atoms with Crippen molar-refractivity contribution < 1.29 is 14.3 Å². The van der Waals surface area contributed by atoms with Crippen molar-refractivity contribution in [1.82, 2.24) is 0 Å². The lowest BCUT2D eigenvalue weighted by Gasteiger charge is -2.07. The van der Waals surface area contributed by atoms with Gasteiger partial charge in [-0.15, -0.1) is 0 Å². The molecule has 1 aliphatic carbocycles. The first kappa shape index (κ1) is 12.6. The van der Waals surface area contributed by atoms with Crippen molar-refractivity contribution >= 4 is 11.8 Å². The third-order valence-corrected chi connectivity index (χ3v) is 3.56. The predicted molar refractivity (Wildman–Crippen MR) is 76.0 cm³/mol. The first-order valence-corrected chi connectivity index (χ1v) is 6.51. The van der Waals surface area contributed by atoms with Crippen LogP contribution in [0.25, 0.3) is 11.1 Å². The molecule has 0 radical (unpaired) electrons. The molecule has 0 aromatic heterocycles. The van der Waals surface area contributed by atoms with Gasteiger partial charge >= 0.3 is 5.97 Å². The maximum absolute atomic E-state index is 11.5. The molecule has 0 aliphatic heterocycles. The summed E-state index contributed by atoms with van der Waals surface area (Å²) in [5.74, 6) is 0.346. The molecule has 2 aromatic carbocycles. The Kier molecular flexibility index (Phi) is 2.90. The standard InChI is InChI=1S/C17H14O3/c1-10(18)12-6-7-14-13(8-12)9-16-15(14)4-3-5-17(16)20-11(2)19/h3-8H,9H2,1-2H3. The molecule has 0 N–H and O–H groups in total. The van der Waals surface area contributed by atoms with Gasteiger partial charge < -0.3 is 4.74 Å². The maximum atomic E-state index is 11.5. The fraction of sp³-hybridized carbons (Fsp3) is 0.176. The highest BCUT2D eigenvalue weighted by Crippen LogP contribution is 2.41. The van der Waals surface area contributed by atoms with Crippen molar-refractivity contribution in [1.29, 1.82) is 0 Å². The number of fused-ring (bicyclic) bond motifs is 3. The highest BCUT2D eigenvalue weighted by atomic mass is 16.5. The summed E-state index contributed by atoms with van der Waals surface area (Å²) in [5, 5.41) is 0. The number of carbonyl (C=O) groups is 2. The second-order valence-electron chi connectivity index (χ2n) is 4.98. The summed E-state index contributed by atoms with van der Waals surface area (Å²) in [6.45, 7) is 2.96. The lowest BCUT2D eigenvalue weighted by molar-refractivity contribution is -0.131. The van der Waals surface area contributed by atoms with E-state index in [1.165, 1.54) is 6.92 Å². The Morgan fingerprint density at radius 2 is 1.85 bits per heavy atom. The number of esters is 1.